The summed E-state index contributed by atoms with van der Waals surface area (Å²) < 4.78 is 7.51. The Hall–Kier alpha value is -1.20. The molecule has 80 valence electrons. The van der Waals surface area contributed by atoms with Gasteiger partial charge in [0.2, 0.25) is 0 Å². The minimum absolute atomic E-state index is 0.00901. The van der Waals surface area contributed by atoms with E-state index in [0.29, 0.717) is 5.56 Å². The molecule has 3 atom stereocenters. The van der Waals surface area contributed by atoms with Gasteiger partial charge in [0.1, 0.15) is 12.1 Å². The molecule has 2 bridgehead atoms. The van der Waals surface area contributed by atoms with Gasteiger partial charge in [-0.05, 0) is 6.92 Å². The summed E-state index contributed by atoms with van der Waals surface area (Å²) in [6.45, 7) is 1.74. The van der Waals surface area contributed by atoms with E-state index in [2.05, 4.69) is 4.98 Å². The smallest absolute Gasteiger partial charge is 0.275 e. The molecule has 1 saturated heterocycles. The van der Waals surface area contributed by atoms with Gasteiger partial charge in [-0.25, -0.2) is 0 Å². The topological polar surface area (TPSA) is 64.4 Å². The number of aliphatic hydroxyl groups is 1. The van der Waals surface area contributed by atoms with E-state index in [1.807, 2.05) is 4.57 Å². The largest absolute Gasteiger partial charge is 0.394 e. The van der Waals surface area contributed by atoms with E-state index in [-0.39, 0.29) is 30.4 Å². The van der Waals surface area contributed by atoms with Gasteiger partial charge in [0.05, 0.1) is 18.6 Å². The third kappa shape index (κ3) is 1.10. The van der Waals surface area contributed by atoms with E-state index >= 15 is 0 Å². The number of aromatic nitrogens is 2. The molecule has 0 radical (unpaired) electrons. The van der Waals surface area contributed by atoms with Gasteiger partial charge in [-0.1, -0.05) is 0 Å². The number of hydrogen-bond acceptors (Lipinski definition) is 4. The van der Waals surface area contributed by atoms with Crippen LogP contribution in [0.2, 0.25) is 0 Å². The zero-order chi connectivity index (χ0) is 10.6. The fraction of sp³-hybridized carbons (Fsp3) is 0.600. The Morgan fingerprint density at radius 1 is 1.73 bits per heavy atom. The maximum absolute atomic E-state index is 11.4. The highest BCUT2D eigenvalue weighted by molar-refractivity contribution is 5.17. The van der Waals surface area contributed by atoms with Crippen LogP contribution in [0, 0.1) is 6.92 Å². The van der Waals surface area contributed by atoms with Crippen LogP contribution in [0.25, 0.3) is 0 Å². The first kappa shape index (κ1) is 9.06. The fourth-order valence-electron chi connectivity index (χ4n) is 2.43. The van der Waals surface area contributed by atoms with Crippen molar-refractivity contribution in [1.29, 1.82) is 0 Å². The van der Waals surface area contributed by atoms with Crippen LogP contribution in [0.1, 0.15) is 30.0 Å². The number of nitrogens with zero attached hydrogens (tertiary/aromatic N) is 2. The monoisotopic (exact) mass is 208 g/mol. The first-order valence-corrected chi connectivity index (χ1v) is 5.06. The Kier molecular flexibility index (Phi) is 1.75. The maximum Gasteiger partial charge on any atom is 0.275 e. The van der Waals surface area contributed by atoms with Gasteiger partial charge in [0.25, 0.3) is 5.56 Å². The van der Waals surface area contributed by atoms with E-state index in [1.54, 1.807) is 13.1 Å². The second-order valence-corrected chi connectivity index (χ2v) is 4.15. The molecule has 3 rings (SSSR count). The summed E-state index contributed by atoms with van der Waals surface area (Å²) in [6.07, 6.45) is 2.38. The molecule has 1 aromatic rings. The van der Waals surface area contributed by atoms with Crippen LogP contribution in [-0.4, -0.2) is 27.4 Å². The van der Waals surface area contributed by atoms with Crippen LogP contribution in [0.4, 0.5) is 0 Å². The average Bonchev–Trinajstić information content (AvgIpc) is 2.77. The molecule has 5 nitrogen and oxygen atoms in total. The number of fused-ring (bicyclic) bond motifs is 5. The Labute approximate surface area is 86.3 Å². The van der Waals surface area contributed by atoms with Crippen molar-refractivity contribution in [2.45, 2.75) is 31.6 Å². The zero-order valence-electron chi connectivity index (χ0n) is 8.38. The highest BCUT2D eigenvalue weighted by Crippen LogP contribution is 2.45. The van der Waals surface area contributed by atoms with E-state index in [4.69, 9.17) is 9.84 Å². The molecule has 2 aliphatic heterocycles. The molecule has 0 aromatic carbocycles. The summed E-state index contributed by atoms with van der Waals surface area (Å²) in [5.74, 6) is 0.842. The van der Waals surface area contributed by atoms with Crippen LogP contribution in [0.15, 0.2) is 11.0 Å². The van der Waals surface area contributed by atoms with Crippen molar-refractivity contribution < 1.29 is 9.84 Å². The standard InChI is InChI=1S/C10H12N2O3/c1-5-3-12-8-2-6(7(4-13)15-8)9(12)11-10(5)14/h3,6-8,13H,2,4H2,1H3/t6-,7+,8+/m1/s1. The quantitative estimate of drug-likeness (QED) is 0.701. The third-order valence-electron chi connectivity index (χ3n) is 3.21. The van der Waals surface area contributed by atoms with Gasteiger partial charge >= 0.3 is 0 Å². The maximum atomic E-state index is 11.4. The summed E-state index contributed by atoms with van der Waals surface area (Å²) in [5, 5.41) is 9.10. The second kappa shape index (κ2) is 2.90. The third-order valence-corrected chi connectivity index (χ3v) is 3.21. The normalized spacial score (nSPS) is 32.0. The van der Waals surface area contributed by atoms with Gasteiger partial charge in [0.15, 0.2) is 0 Å². The molecular weight excluding hydrogens is 196 g/mol. The molecule has 0 spiro atoms. The minimum Gasteiger partial charge on any atom is -0.394 e. The number of aliphatic hydroxyl groups excluding tert-OH is 1. The molecule has 1 aromatic heterocycles. The summed E-state index contributed by atoms with van der Waals surface area (Å²) in [7, 11) is 0. The summed E-state index contributed by atoms with van der Waals surface area (Å²) >= 11 is 0. The van der Waals surface area contributed by atoms with Crippen molar-refractivity contribution in [2.24, 2.45) is 0 Å². The predicted octanol–water partition coefficient (Wildman–Crippen LogP) is -0.0713. The molecular formula is C10H12N2O3. The second-order valence-electron chi connectivity index (χ2n) is 4.15. The summed E-state index contributed by atoms with van der Waals surface area (Å²) in [5.41, 5.74) is 0.459. The molecule has 0 amide bonds. The first-order chi connectivity index (χ1) is 7.20. The van der Waals surface area contributed by atoms with Crippen molar-refractivity contribution in [3.63, 3.8) is 0 Å². The van der Waals surface area contributed by atoms with Crippen LogP contribution in [0.5, 0.6) is 0 Å². The number of aryl methyl sites for hydroxylation is 1. The lowest BCUT2D eigenvalue weighted by Crippen LogP contribution is -2.30. The van der Waals surface area contributed by atoms with Crippen LogP contribution >= 0.6 is 0 Å². The molecule has 0 unspecified atom stereocenters. The Morgan fingerprint density at radius 3 is 3.27 bits per heavy atom. The minimum atomic E-state index is -0.190. The molecule has 0 aliphatic carbocycles. The highest BCUT2D eigenvalue weighted by atomic mass is 16.5. The molecule has 15 heavy (non-hydrogen) atoms. The number of ether oxygens (including phenoxy) is 1. The Bertz CT molecular complexity index is 468. The highest BCUT2D eigenvalue weighted by Gasteiger charge is 2.45. The Balaban J connectivity index is 2.14. The van der Waals surface area contributed by atoms with Gasteiger partial charge in [0, 0.05) is 18.2 Å². The lowest BCUT2D eigenvalue weighted by atomic mass is 10.0. The van der Waals surface area contributed by atoms with Gasteiger partial charge < -0.3 is 14.4 Å². The molecule has 2 aliphatic rings. The SMILES string of the molecule is Cc1cn2c(nc1=O)[C@@H]1C[C@@H]2O[C@H]1CO. The molecule has 5 heteroatoms. The van der Waals surface area contributed by atoms with E-state index in [1.165, 1.54) is 0 Å². The van der Waals surface area contributed by atoms with E-state index in [0.717, 1.165) is 12.2 Å². The molecule has 1 fully saturated rings. The predicted molar refractivity (Wildman–Crippen MR) is 51.6 cm³/mol. The van der Waals surface area contributed by atoms with E-state index < -0.39 is 0 Å². The van der Waals surface area contributed by atoms with Crippen LogP contribution in [-0.2, 0) is 4.74 Å². The summed E-state index contributed by atoms with van der Waals surface area (Å²) in [4.78, 5) is 15.5. The molecule has 3 heterocycles. The molecule has 1 N–H and O–H groups in total. The zero-order valence-corrected chi connectivity index (χ0v) is 8.38. The van der Waals surface area contributed by atoms with Crippen LogP contribution in [0.3, 0.4) is 0 Å². The summed E-state index contributed by atoms with van der Waals surface area (Å²) in [6, 6.07) is 0. The number of rotatable bonds is 1. The lowest BCUT2D eigenvalue weighted by Gasteiger charge is -2.24. The van der Waals surface area contributed by atoms with Crippen molar-refractivity contribution in [2.75, 3.05) is 6.61 Å². The first-order valence-electron chi connectivity index (χ1n) is 5.06. The van der Waals surface area contributed by atoms with Crippen molar-refractivity contribution in [3.05, 3.63) is 27.9 Å². The fourth-order valence-corrected chi connectivity index (χ4v) is 2.43. The van der Waals surface area contributed by atoms with Gasteiger partial charge in [-0.2, -0.15) is 4.98 Å². The van der Waals surface area contributed by atoms with Gasteiger partial charge in [-0.3, -0.25) is 4.79 Å². The van der Waals surface area contributed by atoms with Crippen LogP contribution < -0.4 is 5.56 Å². The van der Waals surface area contributed by atoms with Crippen molar-refractivity contribution in [3.8, 4) is 0 Å². The lowest BCUT2D eigenvalue weighted by molar-refractivity contribution is -0.0411. The van der Waals surface area contributed by atoms with E-state index in [9.17, 15) is 4.79 Å². The Morgan fingerprint density at radius 2 is 2.53 bits per heavy atom. The number of hydrogen-bond donors (Lipinski definition) is 1. The molecule has 0 saturated carbocycles. The van der Waals surface area contributed by atoms with Crippen molar-refractivity contribution >= 4 is 0 Å². The van der Waals surface area contributed by atoms with Crippen molar-refractivity contribution in [1.82, 2.24) is 9.55 Å². The average molecular weight is 208 g/mol. The van der Waals surface area contributed by atoms with Gasteiger partial charge in [-0.15, -0.1) is 0 Å².